The minimum absolute atomic E-state index is 0.0132. The van der Waals surface area contributed by atoms with Gasteiger partial charge in [0.2, 0.25) is 0 Å². The van der Waals surface area contributed by atoms with Crippen molar-refractivity contribution < 1.29 is 18.8 Å². The molecule has 2 aromatic rings. The van der Waals surface area contributed by atoms with Gasteiger partial charge >= 0.3 is 0 Å². The van der Waals surface area contributed by atoms with E-state index in [9.17, 15) is 9.18 Å². The molecule has 5 nitrogen and oxygen atoms in total. The molecular weight excluding hydrogens is 263 g/mol. The number of benzene rings is 1. The van der Waals surface area contributed by atoms with Crippen molar-refractivity contribution in [3.05, 3.63) is 41.8 Å². The zero-order valence-corrected chi connectivity index (χ0v) is 11.0. The SMILES string of the molecule is C[C@H](CCO)NC(=O)c1cc(-c2ccccc2F)on1. The lowest BCUT2D eigenvalue weighted by atomic mass is 10.1. The van der Waals surface area contributed by atoms with Crippen LogP contribution in [0.3, 0.4) is 0 Å². The quantitative estimate of drug-likeness (QED) is 0.877. The van der Waals surface area contributed by atoms with Crippen LogP contribution in [-0.4, -0.2) is 28.8 Å². The molecular formula is C14H15FN2O3. The zero-order chi connectivity index (χ0) is 14.5. The molecule has 1 aromatic carbocycles. The summed E-state index contributed by atoms with van der Waals surface area (Å²) in [6.45, 7) is 1.76. The van der Waals surface area contributed by atoms with E-state index in [0.29, 0.717) is 6.42 Å². The van der Waals surface area contributed by atoms with Crippen molar-refractivity contribution in [1.82, 2.24) is 10.5 Å². The van der Waals surface area contributed by atoms with E-state index < -0.39 is 11.7 Å². The van der Waals surface area contributed by atoms with Gasteiger partial charge in [0.25, 0.3) is 5.91 Å². The Morgan fingerprint density at radius 1 is 1.50 bits per heavy atom. The van der Waals surface area contributed by atoms with Gasteiger partial charge in [-0.05, 0) is 25.5 Å². The largest absolute Gasteiger partial charge is 0.396 e. The summed E-state index contributed by atoms with van der Waals surface area (Å²) >= 11 is 0. The summed E-state index contributed by atoms with van der Waals surface area (Å²) in [6.07, 6.45) is 0.448. The molecule has 20 heavy (non-hydrogen) atoms. The normalized spacial score (nSPS) is 12.2. The first-order chi connectivity index (χ1) is 9.61. The van der Waals surface area contributed by atoms with Gasteiger partial charge in [-0.25, -0.2) is 4.39 Å². The van der Waals surface area contributed by atoms with E-state index in [0.717, 1.165) is 0 Å². The summed E-state index contributed by atoms with van der Waals surface area (Å²) in [5.74, 6) is -0.662. The van der Waals surface area contributed by atoms with Crippen LogP contribution in [0.1, 0.15) is 23.8 Å². The Kier molecular flexibility index (Phi) is 4.47. The molecule has 2 N–H and O–H groups in total. The Morgan fingerprint density at radius 2 is 2.25 bits per heavy atom. The molecule has 0 saturated carbocycles. The topological polar surface area (TPSA) is 75.4 Å². The van der Waals surface area contributed by atoms with Gasteiger partial charge in [0.1, 0.15) is 5.82 Å². The van der Waals surface area contributed by atoms with Crippen LogP contribution in [0.15, 0.2) is 34.9 Å². The second kappa shape index (κ2) is 6.29. The second-order valence-electron chi connectivity index (χ2n) is 4.44. The van der Waals surface area contributed by atoms with E-state index in [2.05, 4.69) is 10.5 Å². The summed E-state index contributed by atoms with van der Waals surface area (Å²) in [4.78, 5) is 11.9. The first kappa shape index (κ1) is 14.2. The first-order valence-corrected chi connectivity index (χ1v) is 6.25. The molecule has 0 unspecified atom stereocenters. The van der Waals surface area contributed by atoms with Gasteiger partial charge in [0.15, 0.2) is 11.5 Å². The Morgan fingerprint density at radius 3 is 2.95 bits per heavy atom. The third-order valence-corrected chi connectivity index (χ3v) is 2.82. The minimum Gasteiger partial charge on any atom is -0.396 e. The summed E-state index contributed by atoms with van der Waals surface area (Å²) in [6, 6.07) is 7.30. The van der Waals surface area contributed by atoms with E-state index in [1.54, 1.807) is 25.1 Å². The third-order valence-electron chi connectivity index (χ3n) is 2.82. The fourth-order valence-corrected chi connectivity index (χ4v) is 1.73. The number of carbonyl (C=O) groups is 1. The predicted octanol–water partition coefficient (Wildman–Crippen LogP) is 1.98. The molecule has 1 atom stereocenters. The molecule has 0 aliphatic carbocycles. The van der Waals surface area contributed by atoms with Gasteiger partial charge in [0.05, 0.1) is 5.56 Å². The van der Waals surface area contributed by atoms with Gasteiger partial charge in [-0.2, -0.15) is 0 Å². The maximum absolute atomic E-state index is 13.6. The highest BCUT2D eigenvalue weighted by Gasteiger charge is 2.17. The van der Waals surface area contributed by atoms with Crippen molar-refractivity contribution in [2.75, 3.05) is 6.61 Å². The van der Waals surface area contributed by atoms with Crippen molar-refractivity contribution in [1.29, 1.82) is 0 Å². The number of rotatable bonds is 5. The molecule has 0 saturated heterocycles. The maximum Gasteiger partial charge on any atom is 0.273 e. The van der Waals surface area contributed by atoms with Crippen LogP contribution < -0.4 is 5.32 Å². The number of aromatic nitrogens is 1. The average Bonchev–Trinajstić information content (AvgIpc) is 2.89. The van der Waals surface area contributed by atoms with Crippen LogP contribution in [-0.2, 0) is 0 Å². The molecule has 1 aromatic heterocycles. The highest BCUT2D eigenvalue weighted by Crippen LogP contribution is 2.23. The van der Waals surface area contributed by atoms with Crippen molar-refractivity contribution in [3.8, 4) is 11.3 Å². The average molecular weight is 278 g/mol. The molecule has 0 aliphatic heterocycles. The van der Waals surface area contributed by atoms with E-state index in [1.807, 2.05) is 0 Å². The molecule has 0 radical (unpaired) electrons. The van der Waals surface area contributed by atoms with Crippen molar-refractivity contribution in [3.63, 3.8) is 0 Å². The number of nitrogens with one attached hydrogen (secondary N) is 1. The van der Waals surface area contributed by atoms with Crippen LogP contribution in [0.2, 0.25) is 0 Å². The van der Waals surface area contributed by atoms with Crippen LogP contribution in [0.4, 0.5) is 4.39 Å². The number of hydrogen-bond donors (Lipinski definition) is 2. The molecule has 0 spiro atoms. The summed E-state index contributed by atoms with van der Waals surface area (Å²) in [5, 5.41) is 15.1. The molecule has 1 heterocycles. The molecule has 0 bridgehead atoms. The Hall–Kier alpha value is -2.21. The van der Waals surface area contributed by atoms with Crippen molar-refractivity contribution in [2.45, 2.75) is 19.4 Å². The lowest BCUT2D eigenvalue weighted by Crippen LogP contribution is -2.33. The molecule has 106 valence electrons. The Labute approximate surface area is 115 Å². The van der Waals surface area contributed by atoms with Crippen LogP contribution in [0, 0.1) is 5.82 Å². The monoisotopic (exact) mass is 278 g/mol. The third kappa shape index (κ3) is 3.21. The van der Waals surface area contributed by atoms with Gasteiger partial charge < -0.3 is 14.9 Å². The highest BCUT2D eigenvalue weighted by atomic mass is 19.1. The summed E-state index contributed by atoms with van der Waals surface area (Å²) in [5.41, 5.74) is 0.329. The number of aliphatic hydroxyl groups is 1. The van der Waals surface area contributed by atoms with Gasteiger partial charge in [0, 0.05) is 18.7 Å². The fraction of sp³-hybridized carbons (Fsp3) is 0.286. The summed E-state index contributed by atoms with van der Waals surface area (Å²) < 4.78 is 18.6. The molecule has 2 rings (SSSR count). The number of carbonyl (C=O) groups excluding carboxylic acids is 1. The lowest BCUT2D eigenvalue weighted by Gasteiger charge is -2.10. The van der Waals surface area contributed by atoms with E-state index >= 15 is 0 Å². The first-order valence-electron chi connectivity index (χ1n) is 6.25. The Balaban J connectivity index is 2.13. The van der Waals surface area contributed by atoms with E-state index in [4.69, 9.17) is 9.63 Å². The highest BCUT2D eigenvalue weighted by molar-refractivity contribution is 5.93. The van der Waals surface area contributed by atoms with Crippen LogP contribution in [0.25, 0.3) is 11.3 Å². The molecule has 6 heteroatoms. The second-order valence-corrected chi connectivity index (χ2v) is 4.44. The zero-order valence-electron chi connectivity index (χ0n) is 11.0. The fourth-order valence-electron chi connectivity index (χ4n) is 1.73. The van der Waals surface area contributed by atoms with Crippen molar-refractivity contribution >= 4 is 5.91 Å². The number of amides is 1. The number of aliphatic hydroxyl groups excluding tert-OH is 1. The lowest BCUT2D eigenvalue weighted by molar-refractivity contribution is 0.0925. The van der Waals surface area contributed by atoms with Crippen molar-refractivity contribution in [2.24, 2.45) is 0 Å². The van der Waals surface area contributed by atoms with Gasteiger partial charge in [-0.1, -0.05) is 17.3 Å². The van der Waals surface area contributed by atoms with Crippen LogP contribution >= 0.6 is 0 Å². The molecule has 0 aliphatic rings. The molecule has 1 amide bonds. The van der Waals surface area contributed by atoms with Gasteiger partial charge in [-0.15, -0.1) is 0 Å². The van der Waals surface area contributed by atoms with Crippen LogP contribution in [0.5, 0.6) is 0 Å². The predicted molar refractivity (Wildman–Crippen MR) is 70.5 cm³/mol. The summed E-state index contributed by atoms with van der Waals surface area (Å²) in [7, 11) is 0. The number of nitrogens with zero attached hydrogens (tertiary/aromatic N) is 1. The Bertz CT molecular complexity index is 598. The smallest absolute Gasteiger partial charge is 0.273 e. The van der Waals surface area contributed by atoms with E-state index in [-0.39, 0.29) is 29.7 Å². The number of halogens is 1. The standard InChI is InChI=1S/C14H15FN2O3/c1-9(6-7-18)16-14(19)12-8-13(20-17-12)10-4-2-3-5-11(10)15/h2-5,8-9,18H,6-7H2,1H3,(H,16,19)/t9-/m1/s1. The van der Waals surface area contributed by atoms with E-state index in [1.165, 1.54) is 12.1 Å². The minimum atomic E-state index is -0.441. The maximum atomic E-state index is 13.6. The molecule has 0 fully saturated rings. The van der Waals surface area contributed by atoms with Gasteiger partial charge in [-0.3, -0.25) is 4.79 Å². The number of hydrogen-bond acceptors (Lipinski definition) is 4.